The first-order chi connectivity index (χ1) is 15.7. The summed E-state index contributed by atoms with van der Waals surface area (Å²) in [6.07, 6.45) is 1.62. The molecule has 2 fully saturated rings. The smallest absolute Gasteiger partial charge is 0.194 e. The Labute approximate surface area is 189 Å². The maximum absolute atomic E-state index is 14.0. The molecule has 0 saturated carbocycles. The second kappa shape index (κ2) is 11.4. The topological polar surface area (TPSA) is 69.4 Å². The van der Waals surface area contributed by atoms with E-state index in [1.165, 1.54) is 6.07 Å². The fraction of sp³-hybridized carbons (Fsp3) is 0.565. The SMILES string of the molecule is CCNC(=NCC(c1cccc(F)c1)N1CCOCC1)N1CCN(Cc2ccon2)CC1. The summed E-state index contributed by atoms with van der Waals surface area (Å²) in [5.41, 5.74) is 1.92. The first-order valence-electron chi connectivity index (χ1n) is 11.4. The quantitative estimate of drug-likeness (QED) is 0.517. The van der Waals surface area contributed by atoms with E-state index in [1.807, 2.05) is 12.1 Å². The van der Waals surface area contributed by atoms with Crippen LogP contribution in [0.15, 0.2) is 46.1 Å². The van der Waals surface area contributed by atoms with Gasteiger partial charge in [-0.3, -0.25) is 14.8 Å². The van der Waals surface area contributed by atoms with Gasteiger partial charge in [0.15, 0.2) is 5.96 Å². The highest BCUT2D eigenvalue weighted by Gasteiger charge is 2.25. The van der Waals surface area contributed by atoms with Crippen molar-refractivity contribution in [3.63, 3.8) is 0 Å². The van der Waals surface area contributed by atoms with Crippen LogP contribution in [0.25, 0.3) is 0 Å². The average molecular weight is 445 g/mol. The van der Waals surface area contributed by atoms with Crippen LogP contribution in [0.5, 0.6) is 0 Å². The third-order valence-corrected chi connectivity index (χ3v) is 6.02. The van der Waals surface area contributed by atoms with E-state index in [-0.39, 0.29) is 11.9 Å². The summed E-state index contributed by atoms with van der Waals surface area (Å²) in [6, 6.07) is 8.83. The second-order valence-electron chi connectivity index (χ2n) is 8.17. The number of aliphatic imine (C=N–C) groups is 1. The first-order valence-corrected chi connectivity index (χ1v) is 11.4. The lowest BCUT2D eigenvalue weighted by atomic mass is 10.0. The fourth-order valence-electron chi connectivity index (χ4n) is 4.30. The van der Waals surface area contributed by atoms with Gasteiger partial charge in [-0.05, 0) is 24.6 Å². The van der Waals surface area contributed by atoms with Gasteiger partial charge in [0.05, 0.1) is 31.5 Å². The van der Waals surface area contributed by atoms with E-state index in [2.05, 4.69) is 32.1 Å². The molecule has 1 aromatic heterocycles. The molecule has 32 heavy (non-hydrogen) atoms. The van der Waals surface area contributed by atoms with Crippen LogP contribution in [0.4, 0.5) is 4.39 Å². The van der Waals surface area contributed by atoms with E-state index in [0.29, 0.717) is 19.8 Å². The normalized spacial score (nSPS) is 19.8. The molecule has 0 spiro atoms. The van der Waals surface area contributed by atoms with Crippen LogP contribution in [-0.4, -0.2) is 91.4 Å². The summed E-state index contributed by atoms with van der Waals surface area (Å²) in [5, 5.41) is 7.46. The van der Waals surface area contributed by atoms with Gasteiger partial charge in [-0.15, -0.1) is 0 Å². The molecule has 4 rings (SSSR count). The Balaban J connectivity index is 1.43. The summed E-state index contributed by atoms with van der Waals surface area (Å²) in [6.45, 7) is 11.0. The molecular formula is C23H33FN6O2. The number of aromatic nitrogens is 1. The number of hydrogen-bond acceptors (Lipinski definition) is 6. The predicted molar refractivity (Wildman–Crippen MR) is 121 cm³/mol. The van der Waals surface area contributed by atoms with Crippen molar-refractivity contribution < 1.29 is 13.7 Å². The molecule has 1 atom stereocenters. The minimum Gasteiger partial charge on any atom is -0.379 e. The molecule has 9 heteroatoms. The van der Waals surface area contributed by atoms with Crippen LogP contribution in [0, 0.1) is 5.82 Å². The van der Waals surface area contributed by atoms with Crippen molar-refractivity contribution in [3.05, 3.63) is 53.7 Å². The van der Waals surface area contributed by atoms with Crippen LogP contribution in [0.3, 0.4) is 0 Å². The lowest BCUT2D eigenvalue weighted by Gasteiger charge is -2.37. The van der Waals surface area contributed by atoms with Gasteiger partial charge in [0.25, 0.3) is 0 Å². The lowest BCUT2D eigenvalue weighted by molar-refractivity contribution is 0.0178. The van der Waals surface area contributed by atoms with Crippen molar-refractivity contribution in [1.82, 2.24) is 25.2 Å². The van der Waals surface area contributed by atoms with Gasteiger partial charge in [-0.25, -0.2) is 4.39 Å². The zero-order chi connectivity index (χ0) is 22.2. The Hall–Kier alpha value is -2.49. The van der Waals surface area contributed by atoms with E-state index in [4.69, 9.17) is 14.3 Å². The van der Waals surface area contributed by atoms with E-state index in [1.54, 1.807) is 18.4 Å². The molecule has 2 saturated heterocycles. The van der Waals surface area contributed by atoms with Crippen LogP contribution in [0.2, 0.25) is 0 Å². The molecule has 0 radical (unpaired) electrons. The van der Waals surface area contributed by atoms with Gasteiger partial charge >= 0.3 is 0 Å². The summed E-state index contributed by atoms with van der Waals surface area (Å²) >= 11 is 0. The number of halogens is 1. The summed E-state index contributed by atoms with van der Waals surface area (Å²) in [5.74, 6) is 0.711. The standard InChI is InChI=1S/C23H33FN6O2/c1-2-25-23(30-9-7-28(8-10-30)18-21-6-13-32-27-21)26-17-22(29-11-14-31-15-12-29)19-4-3-5-20(24)16-19/h3-6,13,16,22H,2,7-12,14-15,17-18H2,1H3,(H,25,26). The van der Waals surface area contributed by atoms with Crippen LogP contribution < -0.4 is 5.32 Å². The molecule has 2 aromatic rings. The molecule has 1 aromatic carbocycles. The predicted octanol–water partition coefficient (Wildman–Crippen LogP) is 1.97. The number of guanidine groups is 1. The van der Waals surface area contributed by atoms with Gasteiger partial charge < -0.3 is 19.5 Å². The van der Waals surface area contributed by atoms with Gasteiger partial charge in [0.2, 0.25) is 0 Å². The van der Waals surface area contributed by atoms with Crippen molar-refractivity contribution >= 4 is 5.96 Å². The molecule has 0 amide bonds. The van der Waals surface area contributed by atoms with Crippen molar-refractivity contribution in [1.29, 1.82) is 0 Å². The summed E-state index contributed by atoms with van der Waals surface area (Å²) in [7, 11) is 0. The van der Waals surface area contributed by atoms with Crippen LogP contribution >= 0.6 is 0 Å². The van der Waals surface area contributed by atoms with Gasteiger partial charge in [-0.1, -0.05) is 17.3 Å². The average Bonchev–Trinajstić information content (AvgIpc) is 3.33. The number of hydrogen-bond donors (Lipinski definition) is 1. The Morgan fingerprint density at radius 3 is 2.66 bits per heavy atom. The van der Waals surface area contributed by atoms with Crippen molar-refractivity contribution in [2.75, 3.05) is 65.6 Å². The van der Waals surface area contributed by atoms with Crippen LogP contribution in [-0.2, 0) is 11.3 Å². The Morgan fingerprint density at radius 2 is 1.97 bits per heavy atom. The van der Waals surface area contributed by atoms with Gasteiger partial charge in [-0.2, -0.15) is 0 Å². The summed E-state index contributed by atoms with van der Waals surface area (Å²) in [4.78, 5) is 12.0. The highest BCUT2D eigenvalue weighted by Crippen LogP contribution is 2.23. The third-order valence-electron chi connectivity index (χ3n) is 6.02. The maximum Gasteiger partial charge on any atom is 0.194 e. The summed E-state index contributed by atoms with van der Waals surface area (Å²) < 4.78 is 24.4. The maximum atomic E-state index is 14.0. The third kappa shape index (κ3) is 6.05. The minimum atomic E-state index is -0.208. The highest BCUT2D eigenvalue weighted by molar-refractivity contribution is 5.80. The molecule has 174 valence electrons. The molecule has 1 N–H and O–H groups in total. The Kier molecular flexibility index (Phi) is 8.08. The minimum absolute atomic E-state index is 0.0247. The van der Waals surface area contributed by atoms with Crippen LogP contribution in [0.1, 0.15) is 24.2 Å². The molecule has 8 nitrogen and oxygen atoms in total. The largest absolute Gasteiger partial charge is 0.379 e. The molecule has 0 bridgehead atoms. The Morgan fingerprint density at radius 1 is 1.16 bits per heavy atom. The number of morpholine rings is 1. The van der Waals surface area contributed by atoms with Crippen molar-refractivity contribution in [3.8, 4) is 0 Å². The van der Waals surface area contributed by atoms with E-state index < -0.39 is 0 Å². The molecule has 0 aliphatic carbocycles. The lowest BCUT2D eigenvalue weighted by Crippen LogP contribution is -2.52. The molecule has 2 aliphatic rings. The number of benzene rings is 1. The number of rotatable bonds is 7. The zero-order valence-corrected chi connectivity index (χ0v) is 18.8. The van der Waals surface area contributed by atoms with E-state index >= 15 is 0 Å². The Bertz CT molecular complexity index is 848. The second-order valence-corrected chi connectivity index (χ2v) is 8.17. The fourth-order valence-corrected chi connectivity index (χ4v) is 4.30. The monoisotopic (exact) mass is 444 g/mol. The zero-order valence-electron chi connectivity index (χ0n) is 18.8. The number of ether oxygens (including phenoxy) is 1. The molecule has 2 aliphatic heterocycles. The number of nitrogens with zero attached hydrogens (tertiary/aromatic N) is 5. The van der Waals surface area contributed by atoms with E-state index in [9.17, 15) is 4.39 Å². The van der Waals surface area contributed by atoms with E-state index in [0.717, 1.165) is 69.6 Å². The van der Waals surface area contributed by atoms with Gasteiger partial charge in [0, 0.05) is 58.4 Å². The van der Waals surface area contributed by atoms with Crippen molar-refractivity contribution in [2.45, 2.75) is 19.5 Å². The van der Waals surface area contributed by atoms with Crippen molar-refractivity contribution in [2.24, 2.45) is 4.99 Å². The number of nitrogens with one attached hydrogen (secondary N) is 1. The molecular weight excluding hydrogens is 411 g/mol. The highest BCUT2D eigenvalue weighted by atomic mass is 19.1. The van der Waals surface area contributed by atoms with Gasteiger partial charge in [0.1, 0.15) is 12.1 Å². The molecule has 1 unspecified atom stereocenters. The first kappa shape index (κ1) is 22.7. The number of piperazine rings is 1. The molecule has 3 heterocycles.